The van der Waals surface area contributed by atoms with E-state index < -0.39 is 40.2 Å². The van der Waals surface area contributed by atoms with Crippen LogP contribution in [0.1, 0.15) is 12.5 Å². The number of halogens is 4. The number of hydrogen-bond donors (Lipinski definition) is 1. The molecule has 0 heterocycles. The number of anilines is 1. The lowest BCUT2D eigenvalue weighted by Gasteiger charge is -2.31. The highest BCUT2D eigenvalue weighted by Gasteiger charge is 2.30. The van der Waals surface area contributed by atoms with Crippen LogP contribution in [-0.4, -0.2) is 51.0 Å². The minimum Gasteiger partial charge on any atom is -0.357 e. The summed E-state index contributed by atoms with van der Waals surface area (Å²) in [6.45, 7) is 0.776. The predicted octanol–water partition coefficient (Wildman–Crippen LogP) is 3.72. The average molecular weight is 525 g/mol. The summed E-state index contributed by atoms with van der Waals surface area (Å²) in [6, 6.07) is 7.03. The van der Waals surface area contributed by atoms with Gasteiger partial charge in [0.2, 0.25) is 21.8 Å². The summed E-state index contributed by atoms with van der Waals surface area (Å²) in [7, 11) is -2.54. The third kappa shape index (κ3) is 6.48. The summed E-state index contributed by atoms with van der Waals surface area (Å²) in [5.41, 5.74) is 0.514. The van der Waals surface area contributed by atoms with Crippen molar-refractivity contribution >= 4 is 62.3 Å². The topological polar surface area (TPSA) is 86.8 Å². The first-order chi connectivity index (χ1) is 14.8. The van der Waals surface area contributed by atoms with Crippen molar-refractivity contribution in [3.63, 3.8) is 0 Å². The molecule has 2 rings (SSSR count). The molecule has 1 N–H and O–H groups in total. The number of benzene rings is 2. The Labute approximate surface area is 201 Å². The second-order valence-corrected chi connectivity index (χ2v) is 10.1. The van der Waals surface area contributed by atoms with Gasteiger partial charge < -0.3 is 10.2 Å². The maximum Gasteiger partial charge on any atom is 0.244 e. The van der Waals surface area contributed by atoms with E-state index in [1.807, 2.05) is 0 Å². The van der Waals surface area contributed by atoms with Gasteiger partial charge in [-0.15, -0.1) is 0 Å². The van der Waals surface area contributed by atoms with Crippen molar-refractivity contribution in [2.75, 3.05) is 24.2 Å². The van der Waals surface area contributed by atoms with E-state index in [4.69, 9.17) is 34.8 Å². The predicted molar refractivity (Wildman–Crippen MR) is 124 cm³/mol. The lowest BCUT2D eigenvalue weighted by Crippen LogP contribution is -2.50. The van der Waals surface area contributed by atoms with E-state index in [1.165, 1.54) is 31.0 Å². The standard InChI is InChI=1S/C20H21Cl3FN3O4S/c1-12(20(29)25-2)26(10-13-4-5-14(21)8-16(13)22)19(28)11-27(32(3,30)31)15-6-7-18(24)17(23)9-15/h4-9,12H,10-11H2,1-3H3,(H,25,29). The van der Waals surface area contributed by atoms with E-state index in [9.17, 15) is 22.4 Å². The van der Waals surface area contributed by atoms with Crippen molar-refractivity contribution in [2.45, 2.75) is 19.5 Å². The Kier molecular flexibility index (Phi) is 8.75. The fourth-order valence-electron chi connectivity index (χ4n) is 2.88. The molecule has 0 aliphatic carbocycles. The number of likely N-dealkylation sites (N-methyl/N-ethyl adjacent to an activating group) is 1. The second-order valence-electron chi connectivity index (χ2n) is 6.92. The van der Waals surface area contributed by atoms with E-state index in [2.05, 4.69) is 5.32 Å². The first-order valence-corrected chi connectivity index (χ1v) is 12.2. The minimum absolute atomic E-state index is 0.00400. The molecule has 0 aromatic heterocycles. The Morgan fingerprint density at radius 1 is 1.09 bits per heavy atom. The zero-order valence-electron chi connectivity index (χ0n) is 17.4. The van der Waals surface area contributed by atoms with Crippen molar-refractivity contribution in [3.8, 4) is 0 Å². The Balaban J connectivity index is 2.43. The summed E-state index contributed by atoms with van der Waals surface area (Å²) in [5, 5.41) is 2.84. The summed E-state index contributed by atoms with van der Waals surface area (Å²) >= 11 is 17.9. The lowest BCUT2D eigenvalue weighted by molar-refractivity contribution is -0.139. The quantitative estimate of drug-likeness (QED) is 0.570. The Bertz CT molecular complexity index is 1130. The van der Waals surface area contributed by atoms with Crippen molar-refractivity contribution in [1.82, 2.24) is 10.2 Å². The highest BCUT2D eigenvalue weighted by molar-refractivity contribution is 7.92. The van der Waals surface area contributed by atoms with Crippen LogP contribution >= 0.6 is 34.8 Å². The van der Waals surface area contributed by atoms with Gasteiger partial charge >= 0.3 is 0 Å². The normalized spacial score (nSPS) is 12.2. The smallest absolute Gasteiger partial charge is 0.244 e. The van der Waals surface area contributed by atoms with Crippen LogP contribution in [0, 0.1) is 5.82 Å². The monoisotopic (exact) mass is 523 g/mol. The first-order valence-electron chi connectivity index (χ1n) is 9.23. The largest absolute Gasteiger partial charge is 0.357 e. The molecule has 0 spiro atoms. The first kappa shape index (κ1) is 26.2. The number of amides is 2. The van der Waals surface area contributed by atoms with E-state index in [-0.39, 0.29) is 22.3 Å². The number of carbonyl (C=O) groups excluding carboxylic acids is 2. The molecule has 2 aromatic carbocycles. The molecule has 12 heteroatoms. The van der Waals surface area contributed by atoms with Crippen LogP contribution in [0.4, 0.5) is 10.1 Å². The number of nitrogens with one attached hydrogen (secondary N) is 1. The molecule has 0 saturated carbocycles. The maximum absolute atomic E-state index is 13.6. The van der Waals surface area contributed by atoms with Gasteiger partial charge in [-0.2, -0.15) is 0 Å². The summed E-state index contributed by atoms with van der Waals surface area (Å²) in [6.07, 6.45) is 0.903. The highest BCUT2D eigenvalue weighted by Crippen LogP contribution is 2.26. The number of carbonyl (C=O) groups is 2. The van der Waals surface area contributed by atoms with Crippen LogP contribution in [0.3, 0.4) is 0 Å². The van der Waals surface area contributed by atoms with Crippen LogP contribution in [0.5, 0.6) is 0 Å². The molecular formula is C20H21Cl3FN3O4S. The fraction of sp³-hybridized carbons (Fsp3) is 0.300. The molecule has 32 heavy (non-hydrogen) atoms. The summed E-state index contributed by atoms with van der Waals surface area (Å²) in [5.74, 6) is -1.88. The van der Waals surface area contributed by atoms with Crippen molar-refractivity contribution in [2.24, 2.45) is 0 Å². The molecule has 0 radical (unpaired) electrons. The second kappa shape index (κ2) is 10.7. The molecule has 1 unspecified atom stereocenters. The van der Waals surface area contributed by atoms with Gasteiger partial charge in [-0.25, -0.2) is 12.8 Å². The summed E-state index contributed by atoms with van der Waals surface area (Å²) in [4.78, 5) is 26.7. The van der Waals surface area contributed by atoms with Gasteiger partial charge in [0.15, 0.2) is 0 Å². The highest BCUT2D eigenvalue weighted by atomic mass is 35.5. The van der Waals surface area contributed by atoms with E-state index >= 15 is 0 Å². The molecule has 7 nitrogen and oxygen atoms in total. The lowest BCUT2D eigenvalue weighted by atomic mass is 10.1. The van der Waals surface area contributed by atoms with E-state index in [1.54, 1.807) is 12.1 Å². The van der Waals surface area contributed by atoms with Gasteiger partial charge in [0, 0.05) is 23.6 Å². The number of hydrogen-bond acceptors (Lipinski definition) is 4. The number of rotatable bonds is 8. The molecule has 0 fully saturated rings. The van der Waals surface area contributed by atoms with Crippen molar-refractivity contribution < 1.29 is 22.4 Å². The zero-order chi connectivity index (χ0) is 24.2. The van der Waals surface area contributed by atoms with Gasteiger partial charge in [0.1, 0.15) is 18.4 Å². The van der Waals surface area contributed by atoms with Crippen LogP contribution < -0.4 is 9.62 Å². The molecular weight excluding hydrogens is 504 g/mol. The van der Waals surface area contributed by atoms with Gasteiger partial charge in [0.05, 0.1) is 17.0 Å². The van der Waals surface area contributed by atoms with Crippen LogP contribution in [0.15, 0.2) is 36.4 Å². The van der Waals surface area contributed by atoms with Crippen LogP contribution in [0.25, 0.3) is 0 Å². The molecule has 2 amide bonds. The Morgan fingerprint density at radius 2 is 1.75 bits per heavy atom. The Hall–Kier alpha value is -2.07. The van der Waals surface area contributed by atoms with Gasteiger partial charge in [-0.05, 0) is 42.8 Å². The third-order valence-corrected chi connectivity index (χ3v) is 6.66. The zero-order valence-corrected chi connectivity index (χ0v) is 20.5. The fourth-order valence-corrected chi connectivity index (χ4v) is 4.36. The van der Waals surface area contributed by atoms with Crippen molar-refractivity contribution in [1.29, 1.82) is 0 Å². The van der Waals surface area contributed by atoms with E-state index in [0.717, 1.165) is 22.7 Å². The van der Waals surface area contributed by atoms with Gasteiger partial charge in [-0.3, -0.25) is 13.9 Å². The molecule has 0 saturated heterocycles. The molecule has 174 valence electrons. The van der Waals surface area contributed by atoms with Crippen molar-refractivity contribution in [3.05, 3.63) is 62.8 Å². The molecule has 0 aliphatic rings. The minimum atomic E-state index is -3.95. The third-order valence-electron chi connectivity index (χ3n) is 4.64. The molecule has 0 aliphatic heterocycles. The SMILES string of the molecule is CNC(=O)C(C)N(Cc1ccc(Cl)cc1Cl)C(=O)CN(c1ccc(F)c(Cl)c1)S(C)(=O)=O. The Morgan fingerprint density at radius 3 is 2.28 bits per heavy atom. The van der Waals surface area contributed by atoms with Gasteiger partial charge in [-0.1, -0.05) is 40.9 Å². The van der Waals surface area contributed by atoms with E-state index in [0.29, 0.717) is 10.6 Å². The summed E-state index contributed by atoms with van der Waals surface area (Å²) < 4.78 is 39.1. The molecule has 0 bridgehead atoms. The molecule has 2 aromatic rings. The number of sulfonamides is 1. The maximum atomic E-state index is 13.6. The van der Waals surface area contributed by atoms with Gasteiger partial charge in [0.25, 0.3) is 0 Å². The van der Waals surface area contributed by atoms with Crippen LogP contribution in [-0.2, 0) is 26.2 Å². The average Bonchev–Trinajstić information content (AvgIpc) is 2.71. The number of nitrogens with zero attached hydrogens (tertiary/aromatic N) is 2. The molecule has 1 atom stereocenters. The van der Waals surface area contributed by atoms with Crippen LogP contribution in [0.2, 0.25) is 15.1 Å².